The van der Waals surface area contributed by atoms with Crippen LogP contribution in [0.3, 0.4) is 0 Å². The van der Waals surface area contributed by atoms with Crippen molar-refractivity contribution < 1.29 is 19.3 Å². The quantitative estimate of drug-likeness (QED) is 0.290. The standard InChI is InChI=1S/C32H37NO4.ClH/c1-33(20-15-25-11-7-12-29(21-25)37-24-26-9-5-4-6-10-26)19-8-16-32(34)17-13-27-22-30(35-2)31(36-3)23-28(27)14-18-32;/h4-7,9-12,21-23,34H,13-15,17-20,24H2,1-3H3;1H. The molecule has 202 valence electrons. The number of aryl methyl sites for hydroxylation is 2. The summed E-state index contributed by atoms with van der Waals surface area (Å²) in [7, 11) is 5.36. The topological polar surface area (TPSA) is 51.2 Å². The largest absolute Gasteiger partial charge is 0.493 e. The van der Waals surface area contributed by atoms with E-state index in [0.29, 0.717) is 26.0 Å². The molecule has 0 saturated heterocycles. The summed E-state index contributed by atoms with van der Waals surface area (Å²) in [5.41, 5.74) is 3.80. The zero-order chi connectivity index (χ0) is 26.1. The van der Waals surface area contributed by atoms with E-state index >= 15 is 0 Å². The maximum atomic E-state index is 11.2. The maximum Gasteiger partial charge on any atom is 0.161 e. The van der Waals surface area contributed by atoms with Crippen LogP contribution in [-0.2, 0) is 25.9 Å². The Morgan fingerprint density at radius 1 is 0.868 bits per heavy atom. The number of benzene rings is 3. The number of methoxy groups -OCH3 is 2. The molecule has 38 heavy (non-hydrogen) atoms. The fraction of sp³-hybridized carbons (Fsp3) is 0.375. The van der Waals surface area contributed by atoms with Gasteiger partial charge in [0, 0.05) is 6.54 Å². The van der Waals surface area contributed by atoms with Crippen LogP contribution in [0, 0.1) is 11.8 Å². The van der Waals surface area contributed by atoms with Crippen LogP contribution in [-0.4, -0.2) is 50.0 Å². The van der Waals surface area contributed by atoms with Crippen molar-refractivity contribution in [3.63, 3.8) is 0 Å². The van der Waals surface area contributed by atoms with E-state index in [4.69, 9.17) is 14.2 Å². The van der Waals surface area contributed by atoms with Gasteiger partial charge in [0.25, 0.3) is 0 Å². The predicted octanol–water partition coefficient (Wildman–Crippen LogP) is 5.49. The molecule has 1 aliphatic rings. The summed E-state index contributed by atoms with van der Waals surface area (Å²) in [4.78, 5) is 2.19. The average molecular weight is 536 g/mol. The van der Waals surface area contributed by atoms with E-state index in [1.807, 2.05) is 42.5 Å². The number of halogens is 1. The molecule has 6 heteroatoms. The molecule has 0 fully saturated rings. The zero-order valence-corrected chi connectivity index (χ0v) is 23.4. The second-order valence-corrected chi connectivity index (χ2v) is 9.72. The van der Waals surface area contributed by atoms with Gasteiger partial charge in [0.05, 0.1) is 20.8 Å². The third-order valence-corrected chi connectivity index (χ3v) is 6.92. The van der Waals surface area contributed by atoms with Crippen molar-refractivity contribution in [3.8, 4) is 29.1 Å². The Bertz CT molecular complexity index is 1200. The lowest BCUT2D eigenvalue weighted by molar-refractivity contribution is 0.0856. The Hall–Kier alpha value is -3.17. The van der Waals surface area contributed by atoms with Crippen LogP contribution in [0.15, 0.2) is 66.7 Å². The van der Waals surface area contributed by atoms with Gasteiger partial charge in [0.1, 0.15) is 18.0 Å². The summed E-state index contributed by atoms with van der Waals surface area (Å²) in [5, 5.41) is 11.2. The SMILES string of the molecule is COc1cc2c(cc1OC)CCC(O)(C#CCN(C)CCc1cccc(OCc3ccccc3)c1)CC2.Cl. The van der Waals surface area contributed by atoms with Gasteiger partial charge in [-0.2, -0.15) is 0 Å². The Balaban J connectivity index is 0.00000400. The summed E-state index contributed by atoms with van der Waals surface area (Å²) >= 11 is 0. The molecule has 0 bridgehead atoms. The van der Waals surface area contributed by atoms with Crippen LogP contribution in [0.5, 0.6) is 17.2 Å². The molecule has 0 unspecified atom stereocenters. The van der Waals surface area contributed by atoms with E-state index in [9.17, 15) is 5.11 Å². The van der Waals surface area contributed by atoms with Crippen LogP contribution < -0.4 is 14.2 Å². The van der Waals surface area contributed by atoms with E-state index in [1.165, 1.54) is 16.7 Å². The van der Waals surface area contributed by atoms with E-state index in [1.54, 1.807) is 14.2 Å². The molecule has 0 saturated carbocycles. The number of nitrogens with zero attached hydrogens (tertiary/aromatic N) is 1. The highest BCUT2D eigenvalue weighted by Gasteiger charge is 2.28. The molecule has 0 spiro atoms. The van der Waals surface area contributed by atoms with Crippen LogP contribution in [0.2, 0.25) is 0 Å². The third kappa shape index (κ3) is 8.16. The fourth-order valence-corrected chi connectivity index (χ4v) is 4.63. The first-order valence-electron chi connectivity index (χ1n) is 12.9. The van der Waals surface area contributed by atoms with Crippen molar-refractivity contribution in [2.24, 2.45) is 0 Å². The fourth-order valence-electron chi connectivity index (χ4n) is 4.63. The van der Waals surface area contributed by atoms with Gasteiger partial charge in [-0.25, -0.2) is 0 Å². The Kier molecular flexibility index (Phi) is 10.9. The minimum Gasteiger partial charge on any atom is -0.493 e. The zero-order valence-electron chi connectivity index (χ0n) is 22.5. The van der Waals surface area contributed by atoms with Crippen LogP contribution in [0.25, 0.3) is 0 Å². The summed E-state index contributed by atoms with van der Waals surface area (Å²) < 4.78 is 16.9. The highest BCUT2D eigenvalue weighted by Crippen LogP contribution is 2.35. The first-order valence-corrected chi connectivity index (χ1v) is 12.9. The molecule has 3 aromatic rings. The second-order valence-electron chi connectivity index (χ2n) is 9.72. The Morgan fingerprint density at radius 3 is 2.13 bits per heavy atom. The molecular formula is C32H38ClNO4. The summed E-state index contributed by atoms with van der Waals surface area (Å²) in [6.07, 6.45) is 3.66. The van der Waals surface area contributed by atoms with Gasteiger partial charge in [0.15, 0.2) is 11.5 Å². The van der Waals surface area contributed by atoms with Gasteiger partial charge in [0.2, 0.25) is 0 Å². The lowest BCUT2D eigenvalue weighted by Gasteiger charge is -2.20. The van der Waals surface area contributed by atoms with Gasteiger partial charge in [-0.15, -0.1) is 12.4 Å². The molecule has 0 heterocycles. The molecule has 5 nitrogen and oxygen atoms in total. The van der Waals surface area contributed by atoms with Gasteiger partial charge < -0.3 is 19.3 Å². The number of likely N-dealkylation sites (N-methyl/N-ethyl adjacent to an activating group) is 1. The normalized spacial score (nSPS) is 13.8. The second kappa shape index (κ2) is 14.1. The van der Waals surface area contributed by atoms with Crippen molar-refractivity contribution in [1.29, 1.82) is 0 Å². The molecule has 3 aromatic carbocycles. The minimum absolute atomic E-state index is 0. The first-order chi connectivity index (χ1) is 18.0. The molecule has 0 aliphatic heterocycles. The lowest BCUT2D eigenvalue weighted by atomic mass is 9.94. The highest BCUT2D eigenvalue weighted by atomic mass is 35.5. The van der Waals surface area contributed by atoms with E-state index in [-0.39, 0.29) is 12.4 Å². The van der Waals surface area contributed by atoms with Crippen molar-refractivity contribution in [2.75, 3.05) is 34.4 Å². The van der Waals surface area contributed by atoms with Gasteiger partial charge in [-0.1, -0.05) is 54.3 Å². The van der Waals surface area contributed by atoms with Crippen LogP contribution >= 0.6 is 12.4 Å². The molecule has 4 rings (SSSR count). The number of fused-ring (bicyclic) bond motifs is 1. The van der Waals surface area contributed by atoms with Crippen LogP contribution in [0.4, 0.5) is 0 Å². The highest BCUT2D eigenvalue weighted by molar-refractivity contribution is 5.85. The molecule has 1 aliphatic carbocycles. The van der Waals surface area contributed by atoms with Crippen LogP contribution in [0.1, 0.15) is 35.1 Å². The molecule has 0 radical (unpaired) electrons. The summed E-state index contributed by atoms with van der Waals surface area (Å²) in [6, 6.07) is 22.5. The number of aliphatic hydroxyl groups is 1. The van der Waals surface area contributed by atoms with Crippen molar-refractivity contribution in [2.45, 2.75) is 44.3 Å². The molecule has 1 N–H and O–H groups in total. The average Bonchev–Trinajstić information content (AvgIpc) is 3.09. The van der Waals surface area contributed by atoms with Gasteiger partial charge in [-0.05, 0) is 85.7 Å². The van der Waals surface area contributed by atoms with Gasteiger partial charge >= 0.3 is 0 Å². The van der Waals surface area contributed by atoms with Crippen molar-refractivity contribution in [1.82, 2.24) is 4.90 Å². The number of hydrogen-bond acceptors (Lipinski definition) is 5. The molecule has 0 atom stereocenters. The Morgan fingerprint density at radius 2 is 1.50 bits per heavy atom. The third-order valence-electron chi connectivity index (χ3n) is 6.92. The van der Waals surface area contributed by atoms with Gasteiger partial charge in [-0.3, -0.25) is 4.90 Å². The number of rotatable bonds is 9. The number of ether oxygens (including phenoxy) is 3. The molecular weight excluding hydrogens is 498 g/mol. The smallest absolute Gasteiger partial charge is 0.161 e. The summed E-state index contributed by atoms with van der Waals surface area (Å²) in [5.74, 6) is 8.76. The first kappa shape index (κ1) is 29.4. The monoisotopic (exact) mass is 535 g/mol. The van der Waals surface area contributed by atoms with Crippen molar-refractivity contribution >= 4 is 12.4 Å². The van der Waals surface area contributed by atoms with E-state index in [0.717, 1.165) is 48.6 Å². The van der Waals surface area contributed by atoms with E-state index in [2.05, 4.69) is 48.1 Å². The van der Waals surface area contributed by atoms with Crippen molar-refractivity contribution in [3.05, 3.63) is 89.0 Å². The maximum absolute atomic E-state index is 11.2. The number of hydrogen-bond donors (Lipinski definition) is 1. The molecule has 0 amide bonds. The summed E-state index contributed by atoms with van der Waals surface area (Å²) in [6.45, 7) is 2.05. The van der Waals surface area contributed by atoms with E-state index < -0.39 is 5.60 Å². The molecule has 0 aromatic heterocycles. The lowest BCUT2D eigenvalue weighted by Crippen LogP contribution is -2.28. The predicted molar refractivity (Wildman–Crippen MR) is 155 cm³/mol. The Labute approximate surface area is 233 Å². The minimum atomic E-state index is -0.981.